The third-order valence-electron chi connectivity index (χ3n) is 2.29. The van der Waals surface area contributed by atoms with Gasteiger partial charge in [-0.1, -0.05) is 18.5 Å². The highest BCUT2D eigenvalue weighted by Crippen LogP contribution is 2.25. The number of nitrogens with zero attached hydrogens (tertiary/aromatic N) is 1. The molecule has 1 aromatic rings. The monoisotopic (exact) mass is 265 g/mol. The number of rotatable bonds is 5. The number of carboxylic acid groups (broad SMARTS) is 1. The summed E-state index contributed by atoms with van der Waals surface area (Å²) in [4.78, 5) is 10.7. The molecule has 0 radical (unpaired) electrons. The third-order valence-corrected chi connectivity index (χ3v) is 2.58. The molecule has 18 heavy (non-hydrogen) atoms. The minimum Gasteiger partial charge on any atom is -0.488 e. The molecule has 1 aromatic carbocycles. The van der Waals surface area contributed by atoms with Gasteiger partial charge >= 0.3 is 5.97 Å². The molecule has 0 heterocycles. The SMILES string of the molecule is CCC(=CCOc1ccc(C#N)cc1Cl)C(=O)O. The van der Waals surface area contributed by atoms with Gasteiger partial charge in [-0.3, -0.25) is 0 Å². The molecular weight excluding hydrogens is 254 g/mol. The Bertz CT molecular complexity index is 517. The van der Waals surface area contributed by atoms with Gasteiger partial charge in [0.25, 0.3) is 0 Å². The van der Waals surface area contributed by atoms with Gasteiger partial charge in [0.05, 0.1) is 16.7 Å². The van der Waals surface area contributed by atoms with Crippen LogP contribution >= 0.6 is 11.6 Å². The van der Waals surface area contributed by atoms with Crippen molar-refractivity contribution < 1.29 is 14.6 Å². The zero-order valence-corrected chi connectivity index (χ0v) is 10.6. The van der Waals surface area contributed by atoms with Gasteiger partial charge < -0.3 is 9.84 Å². The molecule has 0 aliphatic rings. The Balaban J connectivity index is 2.70. The van der Waals surface area contributed by atoms with Crippen LogP contribution in [-0.4, -0.2) is 17.7 Å². The molecule has 0 fully saturated rings. The first-order valence-electron chi connectivity index (χ1n) is 5.33. The second-order valence-electron chi connectivity index (χ2n) is 3.46. The van der Waals surface area contributed by atoms with Crippen molar-refractivity contribution in [1.29, 1.82) is 5.26 Å². The Morgan fingerprint density at radius 2 is 2.33 bits per heavy atom. The van der Waals surface area contributed by atoms with Crippen LogP contribution in [0.1, 0.15) is 18.9 Å². The van der Waals surface area contributed by atoms with E-state index in [-0.39, 0.29) is 6.61 Å². The van der Waals surface area contributed by atoms with E-state index in [1.165, 1.54) is 12.1 Å². The Hall–Kier alpha value is -1.99. The van der Waals surface area contributed by atoms with Crippen molar-refractivity contribution >= 4 is 17.6 Å². The third kappa shape index (κ3) is 3.79. The molecule has 0 amide bonds. The summed E-state index contributed by atoms with van der Waals surface area (Å²) >= 11 is 5.91. The van der Waals surface area contributed by atoms with Crippen molar-refractivity contribution in [2.24, 2.45) is 0 Å². The topological polar surface area (TPSA) is 70.3 Å². The van der Waals surface area contributed by atoms with Crippen molar-refractivity contribution in [2.45, 2.75) is 13.3 Å². The Morgan fingerprint density at radius 1 is 1.61 bits per heavy atom. The van der Waals surface area contributed by atoms with Gasteiger partial charge in [-0.2, -0.15) is 5.26 Å². The van der Waals surface area contributed by atoms with E-state index in [9.17, 15) is 4.79 Å². The molecule has 0 aromatic heterocycles. The molecule has 1 rings (SSSR count). The molecule has 0 spiro atoms. The van der Waals surface area contributed by atoms with E-state index < -0.39 is 5.97 Å². The summed E-state index contributed by atoms with van der Waals surface area (Å²) in [5, 5.41) is 17.8. The van der Waals surface area contributed by atoms with Crippen LogP contribution in [0, 0.1) is 11.3 Å². The highest BCUT2D eigenvalue weighted by atomic mass is 35.5. The predicted molar refractivity (Wildman–Crippen MR) is 67.7 cm³/mol. The second-order valence-corrected chi connectivity index (χ2v) is 3.86. The largest absolute Gasteiger partial charge is 0.488 e. The highest BCUT2D eigenvalue weighted by Gasteiger charge is 2.05. The number of carboxylic acids is 1. The lowest BCUT2D eigenvalue weighted by atomic mass is 10.2. The molecule has 4 nitrogen and oxygen atoms in total. The number of halogens is 1. The fraction of sp³-hybridized carbons (Fsp3) is 0.231. The van der Waals surface area contributed by atoms with E-state index in [4.69, 9.17) is 26.7 Å². The quantitative estimate of drug-likeness (QED) is 0.831. The maximum atomic E-state index is 10.7. The molecule has 0 bridgehead atoms. The summed E-state index contributed by atoms with van der Waals surface area (Å²) in [5.41, 5.74) is 0.738. The molecular formula is C13H12ClNO3. The van der Waals surface area contributed by atoms with E-state index in [0.717, 1.165) is 0 Å². The molecule has 0 saturated heterocycles. The number of aliphatic carboxylic acids is 1. The normalized spacial score (nSPS) is 10.8. The fourth-order valence-electron chi connectivity index (χ4n) is 1.30. The number of carbonyl (C=O) groups is 1. The molecule has 0 unspecified atom stereocenters. The van der Waals surface area contributed by atoms with Crippen molar-refractivity contribution in [3.8, 4) is 11.8 Å². The lowest BCUT2D eigenvalue weighted by Gasteiger charge is -2.06. The first-order chi connectivity index (χ1) is 8.58. The average molecular weight is 266 g/mol. The smallest absolute Gasteiger partial charge is 0.331 e. The highest BCUT2D eigenvalue weighted by molar-refractivity contribution is 6.32. The predicted octanol–water partition coefficient (Wildman–Crippen LogP) is 3.01. The van der Waals surface area contributed by atoms with E-state index in [0.29, 0.717) is 28.3 Å². The number of nitriles is 1. The summed E-state index contributed by atoms with van der Waals surface area (Å²) in [6, 6.07) is 6.63. The summed E-state index contributed by atoms with van der Waals surface area (Å²) in [6.07, 6.45) is 1.93. The van der Waals surface area contributed by atoms with Gasteiger partial charge in [0.15, 0.2) is 0 Å². The molecule has 1 N–H and O–H groups in total. The minimum absolute atomic E-state index is 0.126. The van der Waals surface area contributed by atoms with E-state index >= 15 is 0 Å². The van der Waals surface area contributed by atoms with Crippen molar-refractivity contribution in [3.63, 3.8) is 0 Å². The van der Waals surface area contributed by atoms with Crippen molar-refractivity contribution in [3.05, 3.63) is 40.4 Å². The van der Waals surface area contributed by atoms with Crippen LogP contribution in [0.25, 0.3) is 0 Å². The average Bonchev–Trinajstić information content (AvgIpc) is 2.35. The number of ether oxygens (including phenoxy) is 1. The summed E-state index contributed by atoms with van der Waals surface area (Å²) in [5.74, 6) is -0.528. The maximum absolute atomic E-state index is 10.7. The van der Waals surface area contributed by atoms with Crippen LogP contribution < -0.4 is 4.74 Å². The van der Waals surface area contributed by atoms with Gasteiger partial charge in [-0.05, 0) is 30.7 Å². The molecule has 0 atom stereocenters. The van der Waals surface area contributed by atoms with Gasteiger partial charge in [-0.25, -0.2) is 4.79 Å². The minimum atomic E-state index is -0.952. The van der Waals surface area contributed by atoms with Gasteiger partial charge in [0, 0.05) is 5.57 Å². The maximum Gasteiger partial charge on any atom is 0.331 e. The van der Waals surface area contributed by atoms with Gasteiger partial charge in [0.2, 0.25) is 0 Å². The van der Waals surface area contributed by atoms with Gasteiger partial charge in [-0.15, -0.1) is 0 Å². The molecule has 0 saturated carbocycles. The van der Waals surface area contributed by atoms with Crippen LogP contribution in [0.3, 0.4) is 0 Å². The fourth-order valence-corrected chi connectivity index (χ4v) is 1.54. The second kappa shape index (κ2) is 6.67. The molecule has 94 valence electrons. The van der Waals surface area contributed by atoms with Crippen molar-refractivity contribution in [2.75, 3.05) is 6.61 Å². The zero-order chi connectivity index (χ0) is 13.5. The molecule has 0 aliphatic heterocycles. The number of benzene rings is 1. The number of hydrogen-bond acceptors (Lipinski definition) is 3. The first kappa shape index (κ1) is 14.1. The molecule has 0 aliphatic carbocycles. The van der Waals surface area contributed by atoms with Crippen LogP contribution in [0.5, 0.6) is 5.75 Å². The summed E-state index contributed by atoms with van der Waals surface area (Å²) in [7, 11) is 0. The Labute approximate surface area is 110 Å². The lowest BCUT2D eigenvalue weighted by Crippen LogP contribution is -2.03. The van der Waals surface area contributed by atoms with Crippen LogP contribution in [0.2, 0.25) is 5.02 Å². The standard InChI is InChI=1S/C13H12ClNO3/c1-2-10(13(16)17)5-6-18-12-4-3-9(8-15)7-11(12)14/h3-5,7H,2,6H2,1H3,(H,16,17). The first-order valence-corrected chi connectivity index (χ1v) is 5.71. The van der Waals surface area contributed by atoms with E-state index in [2.05, 4.69) is 0 Å². The summed E-state index contributed by atoms with van der Waals surface area (Å²) in [6.45, 7) is 1.88. The summed E-state index contributed by atoms with van der Waals surface area (Å²) < 4.78 is 5.34. The Morgan fingerprint density at radius 3 is 2.83 bits per heavy atom. The molecule has 5 heteroatoms. The zero-order valence-electron chi connectivity index (χ0n) is 9.81. The van der Waals surface area contributed by atoms with Crippen molar-refractivity contribution in [1.82, 2.24) is 0 Å². The van der Waals surface area contributed by atoms with Crippen LogP contribution in [-0.2, 0) is 4.79 Å². The number of hydrogen-bond donors (Lipinski definition) is 1. The van der Waals surface area contributed by atoms with E-state index in [1.54, 1.807) is 19.1 Å². The van der Waals surface area contributed by atoms with Crippen LogP contribution in [0.4, 0.5) is 0 Å². The Kier molecular flexibility index (Phi) is 5.22. The van der Waals surface area contributed by atoms with Gasteiger partial charge in [0.1, 0.15) is 12.4 Å². The van der Waals surface area contributed by atoms with Crippen LogP contribution in [0.15, 0.2) is 29.8 Å². The lowest BCUT2D eigenvalue weighted by molar-refractivity contribution is -0.132. The van der Waals surface area contributed by atoms with E-state index in [1.807, 2.05) is 6.07 Å².